The Balaban J connectivity index is 2.93. The largest absolute Gasteiger partial charge is 0.472 e. The van der Waals surface area contributed by atoms with E-state index in [1.807, 2.05) is 11.5 Å². The summed E-state index contributed by atoms with van der Waals surface area (Å²) in [5.41, 5.74) is 6.94. The third kappa shape index (κ3) is 3.41. The monoisotopic (exact) mass is 251 g/mol. The summed E-state index contributed by atoms with van der Waals surface area (Å²) in [6.07, 6.45) is 1.94. The molecule has 0 saturated carbocycles. The highest BCUT2D eigenvalue weighted by Crippen LogP contribution is 2.28. The van der Waals surface area contributed by atoms with Gasteiger partial charge in [0.05, 0.1) is 12.3 Å². The molecule has 100 valence electrons. The Labute approximate surface area is 108 Å². The minimum Gasteiger partial charge on any atom is -0.472 e. The summed E-state index contributed by atoms with van der Waals surface area (Å²) in [5, 5.41) is 9.09. The first-order valence-electron chi connectivity index (χ1n) is 6.18. The molecule has 2 N–H and O–H groups in total. The van der Waals surface area contributed by atoms with Crippen molar-refractivity contribution in [1.29, 1.82) is 5.26 Å². The number of rotatable bonds is 7. The number of nitrogens with zero attached hydrogens (tertiary/aromatic N) is 2. The Morgan fingerprint density at radius 2 is 2.28 bits per heavy atom. The number of hydrogen-bond donors (Lipinski definition) is 1. The van der Waals surface area contributed by atoms with Crippen LogP contribution < -0.4 is 10.5 Å². The van der Waals surface area contributed by atoms with Crippen molar-refractivity contribution in [3.8, 4) is 11.9 Å². The molecule has 1 aromatic heterocycles. The standard InChI is InChI=1S/C13H21N3O2/c1-4-5-6-16-11(8-14)7-12(15)13(16)18-10(2)9-17-3/h7,10H,4-6,9,15H2,1-3H3/t10-/m0/s1. The van der Waals surface area contributed by atoms with Crippen molar-refractivity contribution in [1.82, 2.24) is 4.57 Å². The van der Waals surface area contributed by atoms with Gasteiger partial charge in [0.15, 0.2) is 0 Å². The summed E-state index contributed by atoms with van der Waals surface area (Å²) >= 11 is 0. The van der Waals surface area contributed by atoms with E-state index in [-0.39, 0.29) is 6.10 Å². The lowest BCUT2D eigenvalue weighted by Crippen LogP contribution is -2.20. The van der Waals surface area contributed by atoms with Gasteiger partial charge in [-0.25, -0.2) is 0 Å². The highest BCUT2D eigenvalue weighted by atomic mass is 16.5. The number of hydrogen-bond acceptors (Lipinski definition) is 4. The number of ether oxygens (including phenoxy) is 2. The fraction of sp³-hybridized carbons (Fsp3) is 0.615. The van der Waals surface area contributed by atoms with E-state index in [2.05, 4.69) is 13.0 Å². The quantitative estimate of drug-likeness (QED) is 0.806. The van der Waals surface area contributed by atoms with Crippen LogP contribution >= 0.6 is 0 Å². The topological polar surface area (TPSA) is 73.2 Å². The van der Waals surface area contributed by atoms with E-state index in [1.165, 1.54) is 0 Å². The number of nitrogens with two attached hydrogens (primary N) is 1. The van der Waals surface area contributed by atoms with Crippen molar-refractivity contribution < 1.29 is 9.47 Å². The highest BCUT2D eigenvalue weighted by Gasteiger charge is 2.16. The zero-order valence-corrected chi connectivity index (χ0v) is 11.3. The molecule has 5 heteroatoms. The second-order valence-corrected chi connectivity index (χ2v) is 4.29. The van der Waals surface area contributed by atoms with Crippen molar-refractivity contribution in [2.45, 2.75) is 39.3 Å². The molecule has 0 aliphatic heterocycles. The van der Waals surface area contributed by atoms with Crippen molar-refractivity contribution >= 4 is 5.69 Å². The van der Waals surface area contributed by atoms with Gasteiger partial charge in [0.2, 0.25) is 5.88 Å². The lowest BCUT2D eigenvalue weighted by Gasteiger charge is -2.17. The van der Waals surface area contributed by atoms with Crippen LogP contribution in [0.15, 0.2) is 6.07 Å². The molecule has 0 saturated heterocycles. The van der Waals surface area contributed by atoms with Crippen LogP contribution in [0, 0.1) is 11.3 Å². The van der Waals surface area contributed by atoms with E-state index < -0.39 is 0 Å². The van der Waals surface area contributed by atoms with Gasteiger partial charge < -0.3 is 19.8 Å². The van der Waals surface area contributed by atoms with E-state index in [4.69, 9.17) is 20.5 Å². The zero-order valence-electron chi connectivity index (χ0n) is 11.3. The van der Waals surface area contributed by atoms with E-state index in [1.54, 1.807) is 13.2 Å². The molecule has 1 aromatic rings. The van der Waals surface area contributed by atoms with Gasteiger partial charge in [-0.3, -0.25) is 0 Å². The first kappa shape index (κ1) is 14.4. The first-order valence-corrected chi connectivity index (χ1v) is 6.18. The highest BCUT2D eigenvalue weighted by molar-refractivity contribution is 5.55. The second-order valence-electron chi connectivity index (χ2n) is 4.29. The number of anilines is 1. The van der Waals surface area contributed by atoms with Crippen LogP contribution in [0.4, 0.5) is 5.69 Å². The summed E-state index contributed by atoms with van der Waals surface area (Å²) < 4.78 is 12.6. The van der Waals surface area contributed by atoms with E-state index in [0.717, 1.165) is 19.4 Å². The fourth-order valence-corrected chi connectivity index (χ4v) is 1.77. The average molecular weight is 251 g/mol. The molecule has 0 radical (unpaired) electrons. The van der Waals surface area contributed by atoms with Gasteiger partial charge in [-0.15, -0.1) is 0 Å². The predicted molar refractivity (Wildman–Crippen MR) is 70.4 cm³/mol. The van der Waals surface area contributed by atoms with Gasteiger partial charge in [0, 0.05) is 19.7 Å². The molecule has 1 atom stereocenters. The Morgan fingerprint density at radius 3 is 2.83 bits per heavy atom. The number of nitriles is 1. The Morgan fingerprint density at radius 1 is 1.56 bits per heavy atom. The molecule has 0 aliphatic carbocycles. The fourth-order valence-electron chi connectivity index (χ4n) is 1.77. The smallest absolute Gasteiger partial charge is 0.218 e. The van der Waals surface area contributed by atoms with Crippen LogP contribution in [0.1, 0.15) is 32.4 Å². The van der Waals surface area contributed by atoms with E-state index in [0.29, 0.717) is 23.9 Å². The summed E-state index contributed by atoms with van der Waals surface area (Å²) in [7, 11) is 1.63. The lowest BCUT2D eigenvalue weighted by atomic mass is 10.3. The number of aromatic nitrogens is 1. The van der Waals surface area contributed by atoms with Crippen LogP contribution in [-0.4, -0.2) is 24.4 Å². The van der Waals surface area contributed by atoms with E-state index >= 15 is 0 Å². The Kier molecular flexibility index (Phi) is 5.53. The maximum Gasteiger partial charge on any atom is 0.218 e. The van der Waals surface area contributed by atoms with Crippen molar-refractivity contribution in [2.75, 3.05) is 19.5 Å². The molecule has 1 rings (SSSR count). The third-order valence-electron chi connectivity index (χ3n) is 2.64. The SMILES string of the molecule is CCCCn1c(C#N)cc(N)c1O[C@@H](C)COC. The van der Waals surface area contributed by atoms with Gasteiger partial charge in [0.25, 0.3) is 0 Å². The molecule has 0 fully saturated rings. The van der Waals surface area contributed by atoms with Crippen LogP contribution in [0.5, 0.6) is 5.88 Å². The summed E-state index contributed by atoms with van der Waals surface area (Å²) in [6, 6.07) is 3.80. The molecule has 0 aliphatic rings. The molecule has 0 aromatic carbocycles. The maximum absolute atomic E-state index is 9.09. The van der Waals surface area contributed by atoms with Crippen LogP contribution in [0.2, 0.25) is 0 Å². The van der Waals surface area contributed by atoms with E-state index in [9.17, 15) is 0 Å². The number of unbranched alkanes of at least 4 members (excludes halogenated alkanes) is 1. The van der Waals surface area contributed by atoms with Crippen molar-refractivity contribution in [3.05, 3.63) is 11.8 Å². The van der Waals surface area contributed by atoms with Gasteiger partial charge >= 0.3 is 0 Å². The first-order chi connectivity index (χ1) is 8.63. The molecule has 0 amide bonds. The van der Waals surface area contributed by atoms with Crippen LogP contribution in [0.25, 0.3) is 0 Å². The lowest BCUT2D eigenvalue weighted by molar-refractivity contribution is 0.0865. The Hall–Kier alpha value is -1.67. The van der Waals surface area contributed by atoms with Gasteiger partial charge in [-0.1, -0.05) is 13.3 Å². The van der Waals surface area contributed by atoms with Gasteiger partial charge in [-0.2, -0.15) is 5.26 Å². The van der Waals surface area contributed by atoms with Gasteiger partial charge in [0.1, 0.15) is 17.9 Å². The summed E-state index contributed by atoms with van der Waals surface area (Å²) in [5.74, 6) is 0.574. The number of methoxy groups -OCH3 is 1. The molecule has 5 nitrogen and oxygen atoms in total. The van der Waals surface area contributed by atoms with Crippen LogP contribution in [0.3, 0.4) is 0 Å². The maximum atomic E-state index is 9.09. The third-order valence-corrected chi connectivity index (χ3v) is 2.64. The molecule has 18 heavy (non-hydrogen) atoms. The summed E-state index contributed by atoms with van der Waals surface area (Å²) in [6.45, 7) is 5.24. The molecule has 1 heterocycles. The molecular formula is C13H21N3O2. The molecule has 0 bridgehead atoms. The predicted octanol–water partition coefficient (Wildman–Crippen LogP) is 2.16. The average Bonchev–Trinajstić information content (AvgIpc) is 2.64. The normalized spacial score (nSPS) is 12.1. The Bertz CT molecular complexity index is 421. The number of nitrogen functional groups attached to an aromatic ring is 1. The molecular weight excluding hydrogens is 230 g/mol. The zero-order chi connectivity index (χ0) is 13.5. The minimum absolute atomic E-state index is 0.0980. The summed E-state index contributed by atoms with van der Waals surface area (Å²) in [4.78, 5) is 0. The van der Waals surface area contributed by atoms with Gasteiger partial charge in [-0.05, 0) is 13.3 Å². The minimum atomic E-state index is -0.0980. The molecule has 0 unspecified atom stereocenters. The van der Waals surface area contributed by atoms with Crippen molar-refractivity contribution in [2.24, 2.45) is 0 Å². The molecule has 0 spiro atoms. The van der Waals surface area contributed by atoms with Crippen LogP contribution in [-0.2, 0) is 11.3 Å². The second kappa shape index (κ2) is 6.92. The van der Waals surface area contributed by atoms with Crippen molar-refractivity contribution in [3.63, 3.8) is 0 Å².